The number of ether oxygens (including phenoxy) is 4. The second-order valence-electron chi connectivity index (χ2n) is 25.9. The van der Waals surface area contributed by atoms with Gasteiger partial charge in [-0.25, -0.2) is 9.13 Å². The van der Waals surface area contributed by atoms with Crippen LogP contribution >= 0.6 is 15.6 Å². The average molecular weight is 1450 g/mol. The van der Waals surface area contributed by atoms with Crippen molar-refractivity contribution in [2.45, 2.75) is 341 Å². The zero-order chi connectivity index (χ0) is 73.2. The maximum absolute atomic E-state index is 13.1. The third-order valence-corrected chi connectivity index (χ3v) is 18.1. The molecule has 0 heterocycles. The molecule has 100 heavy (non-hydrogen) atoms. The summed E-state index contributed by atoms with van der Waals surface area (Å²) in [4.78, 5) is 72.8. The molecule has 0 spiro atoms. The van der Waals surface area contributed by atoms with Crippen LogP contribution in [0, 0.1) is 0 Å². The van der Waals surface area contributed by atoms with E-state index in [9.17, 15) is 43.2 Å². The second-order valence-corrected chi connectivity index (χ2v) is 28.9. The first-order chi connectivity index (χ1) is 48.7. The van der Waals surface area contributed by atoms with Crippen molar-refractivity contribution in [3.63, 3.8) is 0 Å². The molecule has 0 aromatic heterocycles. The molecule has 0 aliphatic heterocycles. The molecule has 0 rings (SSSR count). The van der Waals surface area contributed by atoms with Gasteiger partial charge in [-0.3, -0.25) is 37.3 Å². The minimum Gasteiger partial charge on any atom is -0.462 e. The Balaban J connectivity index is 5.44. The molecular weight excluding hydrogens is 1310 g/mol. The van der Waals surface area contributed by atoms with E-state index in [0.29, 0.717) is 38.5 Å². The number of carbonyl (C=O) groups is 4. The highest BCUT2D eigenvalue weighted by atomic mass is 31.2. The second kappa shape index (κ2) is 73.0. The number of aliphatic hydroxyl groups excluding tert-OH is 1. The third-order valence-electron chi connectivity index (χ3n) is 16.2. The lowest BCUT2D eigenvalue weighted by molar-refractivity contribution is -0.161. The molecule has 5 atom stereocenters. The highest BCUT2D eigenvalue weighted by molar-refractivity contribution is 7.47. The number of hydrogen-bond acceptors (Lipinski definition) is 15. The quantitative estimate of drug-likeness (QED) is 0.0169. The summed E-state index contributed by atoms with van der Waals surface area (Å²) in [6.45, 7) is 4.69. The van der Waals surface area contributed by atoms with Gasteiger partial charge >= 0.3 is 39.5 Å². The molecule has 3 N–H and O–H groups in total. The number of rotatable bonds is 73. The Labute approximate surface area is 607 Å². The number of aliphatic hydroxyl groups is 1. The van der Waals surface area contributed by atoms with Crippen molar-refractivity contribution >= 4 is 39.5 Å². The van der Waals surface area contributed by atoms with E-state index in [1.54, 1.807) is 0 Å². The zero-order valence-corrected chi connectivity index (χ0v) is 64.6. The van der Waals surface area contributed by atoms with Gasteiger partial charge in [0.2, 0.25) is 0 Å². The summed E-state index contributed by atoms with van der Waals surface area (Å²) in [5, 5.41) is 10.6. The molecule has 0 saturated carbocycles. The van der Waals surface area contributed by atoms with E-state index in [-0.39, 0.29) is 25.7 Å². The van der Waals surface area contributed by atoms with Crippen molar-refractivity contribution in [3.05, 3.63) is 109 Å². The topological polar surface area (TPSA) is 237 Å². The number of carbonyl (C=O) groups excluding carboxylic acids is 4. The monoisotopic (exact) mass is 1450 g/mol. The fourth-order valence-electron chi connectivity index (χ4n) is 10.2. The van der Waals surface area contributed by atoms with Crippen molar-refractivity contribution in [1.82, 2.24) is 0 Å². The Bertz CT molecular complexity index is 2320. The van der Waals surface area contributed by atoms with E-state index in [1.807, 2.05) is 24.3 Å². The minimum atomic E-state index is -4.99. The number of esters is 4. The smallest absolute Gasteiger partial charge is 0.462 e. The van der Waals surface area contributed by atoms with Gasteiger partial charge in [-0.05, 0) is 128 Å². The van der Waals surface area contributed by atoms with Crippen molar-refractivity contribution in [2.75, 3.05) is 39.6 Å². The van der Waals surface area contributed by atoms with Crippen molar-refractivity contribution in [2.24, 2.45) is 0 Å². The molecular formula is C81H140O17P2. The van der Waals surface area contributed by atoms with Gasteiger partial charge in [-0.15, -0.1) is 0 Å². The molecule has 19 heteroatoms. The van der Waals surface area contributed by atoms with Crippen LogP contribution in [0.25, 0.3) is 0 Å². The van der Waals surface area contributed by atoms with Crippen LogP contribution in [0.15, 0.2) is 109 Å². The molecule has 2 unspecified atom stereocenters. The third kappa shape index (κ3) is 72.1. The van der Waals surface area contributed by atoms with Gasteiger partial charge in [-0.2, -0.15) is 0 Å². The predicted molar refractivity (Wildman–Crippen MR) is 408 cm³/mol. The first kappa shape index (κ1) is 95.7. The van der Waals surface area contributed by atoms with Gasteiger partial charge in [0.05, 0.1) is 26.4 Å². The van der Waals surface area contributed by atoms with Gasteiger partial charge < -0.3 is 33.8 Å². The van der Waals surface area contributed by atoms with Crippen LogP contribution in [0.1, 0.15) is 323 Å². The molecule has 17 nitrogen and oxygen atoms in total. The highest BCUT2D eigenvalue weighted by Gasteiger charge is 2.30. The summed E-state index contributed by atoms with van der Waals surface area (Å²) in [6, 6.07) is 0. The Morgan fingerprint density at radius 2 is 0.500 bits per heavy atom. The Hall–Kier alpha value is -4.28. The van der Waals surface area contributed by atoms with E-state index in [2.05, 4.69) is 113 Å². The molecule has 0 aliphatic rings. The SMILES string of the molecule is CCCCC/C=C\C/C=C\C/C=C\C/C=C\CCCC(=O)OC[C@H](COP(=O)(O)OC[C@H](O)COP(=O)(O)OC[C@@H](COC(=O)CCCCCCC/C=C\CCCCCC)OC(=O)CCC/C=C\C/C=C\C/C=C\C/C=C\CCCCC)OC(=O)CCCCCCCCCCCCCCC. The van der Waals surface area contributed by atoms with E-state index < -0.39 is 97.5 Å². The Morgan fingerprint density at radius 3 is 0.840 bits per heavy atom. The van der Waals surface area contributed by atoms with Gasteiger partial charge in [0.1, 0.15) is 19.3 Å². The first-order valence-corrected chi connectivity index (χ1v) is 42.1. The number of phosphoric acid groups is 2. The minimum absolute atomic E-state index is 0.0161. The highest BCUT2D eigenvalue weighted by Crippen LogP contribution is 2.45. The van der Waals surface area contributed by atoms with Crippen LogP contribution in [0.4, 0.5) is 0 Å². The Morgan fingerprint density at radius 1 is 0.280 bits per heavy atom. The van der Waals surface area contributed by atoms with Crippen molar-refractivity contribution in [3.8, 4) is 0 Å². The number of allylic oxidation sites excluding steroid dienone is 18. The zero-order valence-electron chi connectivity index (χ0n) is 62.8. The van der Waals surface area contributed by atoms with Gasteiger partial charge in [-0.1, -0.05) is 278 Å². The van der Waals surface area contributed by atoms with Crippen molar-refractivity contribution in [1.29, 1.82) is 0 Å². The Kier molecular flexibility index (Phi) is 69.9. The van der Waals surface area contributed by atoms with Crippen LogP contribution in [-0.2, 0) is 65.4 Å². The van der Waals surface area contributed by atoms with Gasteiger partial charge in [0.15, 0.2) is 12.2 Å². The molecule has 0 amide bonds. The van der Waals surface area contributed by atoms with E-state index in [1.165, 1.54) is 116 Å². The largest absolute Gasteiger partial charge is 0.472 e. The average Bonchev–Trinajstić information content (AvgIpc) is 1.93. The maximum atomic E-state index is 13.1. The van der Waals surface area contributed by atoms with Crippen molar-refractivity contribution < 1.29 is 80.2 Å². The van der Waals surface area contributed by atoms with Crippen LogP contribution in [-0.4, -0.2) is 96.7 Å². The summed E-state index contributed by atoms with van der Waals surface area (Å²) in [5.41, 5.74) is 0. The lowest BCUT2D eigenvalue weighted by Gasteiger charge is -2.21. The molecule has 0 aromatic carbocycles. The standard InChI is InChI=1S/C81H140O17P2/c1-5-9-13-17-21-25-29-33-35-37-39-43-46-50-54-58-62-66-79(84)92-72-76(97-80(85)67-63-59-55-51-47-42-32-28-24-20-16-12-8-4)73-95-99(87,88)93-69-75(82)70-94-100(89,90)96-74-77(71-91-78(83)65-61-57-53-49-45-41-31-27-23-19-15-11-7-3)98-81(86)68-64-60-56-52-48-44-40-38-36-34-30-26-22-18-14-10-6-2/h21-22,25-27,31,33-36,39-40,43-44,50,52,54,56,75-77,82H,5-20,23-24,28-30,32,37-38,41-42,45-49,51,53,55,57-74H2,1-4H3,(H,87,88)(H,89,90)/b25-21-,26-22-,31-27-,35-33-,36-34-,43-39-,44-40-,54-50-,56-52-/t75-,76+,77+/m0/s1. The van der Waals surface area contributed by atoms with Gasteiger partial charge in [0.25, 0.3) is 0 Å². The molecule has 0 aliphatic carbocycles. The van der Waals surface area contributed by atoms with E-state index in [0.717, 1.165) is 116 Å². The van der Waals surface area contributed by atoms with Crippen LogP contribution < -0.4 is 0 Å². The van der Waals surface area contributed by atoms with Gasteiger partial charge in [0, 0.05) is 25.7 Å². The van der Waals surface area contributed by atoms with Crippen LogP contribution in [0.3, 0.4) is 0 Å². The van der Waals surface area contributed by atoms with E-state index in [4.69, 9.17) is 37.0 Å². The molecule has 0 radical (unpaired) electrons. The maximum Gasteiger partial charge on any atom is 0.472 e. The summed E-state index contributed by atoms with van der Waals surface area (Å²) in [6.07, 6.45) is 78.0. The molecule has 0 fully saturated rings. The first-order valence-electron chi connectivity index (χ1n) is 39.1. The molecule has 576 valence electrons. The summed E-state index contributed by atoms with van der Waals surface area (Å²) in [5.74, 6) is -2.30. The summed E-state index contributed by atoms with van der Waals surface area (Å²) in [7, 11) is -9.98. The van der Waals surface area contributed by atoms with Crippen LogP contribution in [0.2, 0.25) is 0 Å². The fourth-order valence-corrected chi connectivity index (χ4v) is 11.8. The normalized spacial score (nSPS) is 14.5. The molecule has 0 saturated heterocycles. The predicted octanol–water partition coefficient (Wildman–Crippen LogP) is 22.6. The molecule has 0 bridgehead atoms. The number of hydrogen-bond donors (Lipinski definition) is 3. The number of unbranched alkanes of at least 4 members (excludes halogenated alkanes) is 29. The van der Waals surface area contributed by atoms with E-state index >= 15 is 0 Å². The lowest BCUT2D eigenvalue weighted by atomic mass is 10.0. The summed E-state index contributed by atoms with van der Waals surface area (Å²) < 4.78 is 68.4. The summed E-state index contributed by atoms with van der Waals surface area (Å²) >= 11 is 0. The van der Waals surface area contributed by atoms with Crippen LogP contribution in [0.5, 0.6) is 0 Å². The molecule has 0 aromatic rings. The number of phosphoric ester groups is 2. The lowest BCUT2D eigenvalue weighted by Crippen LogP contribution is -2.30. The fraction of sp³-hybridized carbons (Fsp3) is 0.728.